The Morgan fingerprint density at radius 2 is 1.11 bits per heavy atom. The van der Waals surface area contributed by atoms with Gasteiger partial charge in [0.05, 0.1) is 0 Å². The lowest BCUT2D eigenvalue weighted by Gasteiger charge is -2.27. The van der Waals surface area contributed by atoms with E-state index < -0.39 is 0 Å². The van der Waals surface area contributed by atoms with Gasteiger partial charge in [-0.1, -0.05) is 74.5 Å². The lowest BCUT2D eigenvalue weighted by atomic mass is 9.81. The summed E-state index contributed by atoms with van der Waals surface area (Å²) in [5.74, 6) is 0.725. The van der Waals surface area contributed by atoms with Crippen molar-refractivity contribution in [2.75, 3.05) is 0 Å². The van der Waals surface area contributed by atoms with E-state index in [1.54, 1.807) is 0 Å². The van der Waals surface area contributed by atoms with Gasteiger partial charge in [-0.3, -0.25) is 0 Å². The highest BCUT2D eigenvalue weighted by Gasteiger charge is 2.23. The molecule has 1 atom stereocenters. The van der Waals surface area contributed by atoms with E-state index in [1.165, 1.54) is 11.1 Å². The Labute approximate surface area is 110 Å². The van der Waals surface area contributed by atoms with Crippen molar-refractivity contribution in [3.63, 3.8) is 0 Å². The van der Waals surface area contributed by atoms with Gasteiger partial charge < -0.3 is 5.73 Å². The van der Waals surface area contributed by atoms with E-state index in [4.69, 9.17) is 5.73 Å². The summed E-state index contributed by atoms with van der Waals surface area (Å²) in [4.78, 5) is 0. The molecular weight excluding hydrogens is 218 g/mol. The molecule has 1 nitrogen and oxygen atoms in total. The molecule has 18 heavy (non-hydrogen) atoms. The highest BCUT2D eigenvalue weighted by molar-refractivity contribution is 5.34. The Kier molecular flexibility index (Phi) is 4.16. The van der Waals surface area contributed by atoms with Gasteiger partial charge in [0.2, 0.25) is 0 Å². The molecule has 2 rings (SSSR count). The standard InChI is InChI=1S/C17H21N/c1-13(2)17(18)16(14-9-5-3-6-10-14)15-11-7-4-8-12-15/h3-13,16-17H,18H2,1-2H3/t17-/m0/s1. The fourth-order valence-corrected chi connectivity index (χ4v) is 2.34. The number of benzene rings is 2. The minimum absolute atomic E-state index is 0.134. The Morgan fingerprint density at radius 1 is 0.722 bits per heavy atom. The molecule has 0 aliphatic heterocycles. The maximum Gasteiger partial charge on any atom is 0.0243 e. The predicted molar refractivity (Wildman–Crippen MR) is 77.5 cm³/mol. The lowest BCUT2D eigenvalue weighted by molar-refractivity contribution is 0.450. The monoisotopic (exact) mass is 239 g/mol. The van der Waals surface area contributed by atoms with Crippen LogP contribution < -0.4 is 5.73 Å². The molecule has 0 aliphatic carbocycles. The van der Waals surface area contributed by atoms with Crippen molar-refractivity contribution in [3.05, 3.63) is 71.8 Å². The Hall–Kier alpha value is -1.60. The SMILES string of the molecule is CC(C)[C@H](N)C(c1ccccc1)c1ccccc1. The maximum atomic E-state index is 6.42. The molecule has 0 radical (unpaired) electrons. The van der Waals surface area contributed by atoms with Crippen molar-refractivity contribution in [2.45, 2.75) is 25.8 Å². The summed E-state index contributed by atoms with van der Waals surface area (Å²) in [6.07, 6.45) is 0. The van der Waals surface area contributed by atoms with Crippen LogP contribution in [-0.2, 0) is 0 Å². The third kappa shape index (κ3) is 2.80. The Morgan fingerprint density at radius 3 is 1.44 bits per heavy atom. The molecule has 0 saturated heterocycles. The van der Waals surface area contributed by atoms with Crippen LogP contribution in [0.15, 0.2) is 60.7 Å². The van der Waals surface area contributed by atoms with E-state index in [0.29, 0.717) is 5.92 Å². The first-order chi connectivity index (χ1) is 8.70. The molecular formula is C17H21N. The minimum atomic E-state index is 0.134. The molecule has 0 aromatic heterocycles. The second-order valence-electron chi connectivity index (χ2n) is 5.12. The fraction of sp³-hybridized carbons (Fsp3) is 0.294. The molecule has 2 aromatic carbocycles. The zero-order chi connectivity index (χ0) is 13.0. The zero-order valence-corrected chi connectivity index (χ0v) is 11.1. The van der Waals surface area contributed by atoms with Crippen LogP contribution in [0.25, 0.3) is 0 Å². The van der Waals surface area contributed by atoms with Crippen LogP contribution in [0.2, 0.25) is 0 Å². The zero-order valence-electron chi connectivity index (χ0n) is 11.1. The van der Waals surface area contributed by atoms with Crippen LogP contribution in [0.4, 0.5) is 0 Å². The third-order valence-corrected chi connectivity index (χ3v) is 3.47. The first-order valence-corrected chi connectivity index (χ1v) is 6.55. The van der Waals surface area contributed by atoms with Crippen LogP contribution in [0.3, 0.4) is 0 Å². The number of hydrogen-bond acceptors (Lipinski definition) is 1. The second kappa shape index (κ2) is 5.83. The molecule has 0 amide bonds. The van der Waals surface area contributed by atoms with Crippen LogP contribution in [-0.4, -0.2) is 6.04 Å². The molecule has 2 aromatic rings. The quantitative estimate of drug-likeness (QED) is 0.862. The van der Waals surface area contributed by atoms with E-state index in [1.807, 2.05) is 12.1 Å². The smallest absolute Gasteiger partial charge is 0.0243 e. The summed E-state index contributed by atoms with van der Waals surface area (Å²) >= 11 is 0. The van der Waals surface area contributed by atoms with Crippen molar-refractivity contribution in [3.8, 4) is 0 Å². The fourth-order valence-electron chi connectivity index (χ4n) is 2.34. The molecule has 0 unspecified atom stereocenters. The van der Waals surface area contributed by atoms with Gasteiger partial charge >= 0.3 is 0 Å². The summed E-state index contributed by atoms with van der Waals surface area (Å²) in [6, 6.07) is 21.2. The highest BCUT2D eigenvalue weighted by Crippen LogP contribution is 2.29. The molecule has 2 N–H and O–H groups in total. The van der Waals surface area contributed by atoms with Gasteiger partial charge in [0.25, 0.3) is 0 Å². The highest BCUT2D eigenvalue weighted by atomic mass is 14.7. The lowest BCUT2D eigenvalue weighted by Crippen LogP contribution is -2.34. The van der Waals surface area contributed by atoms with E-state index in [-0.39, 0.29) is 12.0 Å². The van der Waals surface area contributed by atoms with E-state index in [9.17, 15) is 0 Å². The average molecular weight is 239 g/mol. The maximum absolute atomic E-state index is 6.42. The average Bonchev–Trinajstić information content (AvgIpc) is 2.41. The van der Waals surface area contributed by atoms with Gasteiger partial charge in [0, 0.05) is 12.0 Å². The summed E-state index contributed by atoms with van der Waals surface area (Å²) in [7, 11) is 0. The van der Waals surface area contributed by atoms with Gasteiger partial charge in [-0.2, -0.15) is 0 Å². The molecule has 0 bridgehead atoms. The molecule has 0 fully saturated rings. The van der Waals surface area contributed by atoms with Crippen molar-refractivity contribution < 1.29 is 0 Å². The molecule has 94 valence electrons. The number of rotatable bonds is 4. The molecule has 0 spiro atoms. The Bertz CT molecular complexity index is 422. The van der Waals surface area contributed by atoms with Crippen molar-refractivity contribution in [2.24, 2.45) is 11.7 Å². The van der Waals surface area contributed by atoms with Gasteiger partial charge in [0.15, 0.2) is 0 Å². The topological polar surface area (TPSA) is 26.0 Å². The molecule has 0 saturated carbocycles. The van der Waals surface area contributed by atoms with Crippen LogP contribution in [0, 0.1) is 5.92 Å². The molecule has 0 aliphatic rings. The Balaban J connectivity index is 2.42. The second-order valence-corrected chi connectivity index (χ2v) is 5.12. The van der Waals surface area contributed by atoms with Gasteiger partial charge in [-0.05, 0) is 17.0 Å². The van der Waals surface area contributed by atoms with Gasteiger partial charge in [-0.15, -0.1) is 0 Å². The number of hydrogen-bond donors (Lipinski definition) is 1. The van der Waals surface area contributed by atoms with Crippen molar-refractivity contribution in [1.82, 2.24) is 0 Å². The van der Waals surface area contributed by atoms with Gasteiger partial charge in [-0.25, -0.2) is 0 Å². The first-order valence-electron chi connectivity index (χ1n) is 6.55. The molecule has 1 heteroatoms. The van der Waals surface area contributed by atoms with Crippen LogP contribution in [0.1, 0.15) is 30.9 Å². The summed E-state index contributed by atoms with van der Waals surface area (Å²) < 4.78 is 0. The summed E-state index contributed by atoms with van der Waals surface area (Å²) in [5, 5.41) is 0. The number of nitrogens with two attached hydrogens (primary N) is 1. The summed E-state index contributed by atoms with van der Waals surface area (Å²) in [5.41, 5.74) is 9.02. The third-order valence-electron chi connectivity index (χ3n) is 3.47. The largest absolute Gasteiger partial charge is 0.327 e. The van der Waals surface area contributed by atoms with Crippen molar-refractivity contribution in [1.29, 1.82) is 0 Å². The predicted octanol–water partition coefficient (Wildman–Crippen LogP) is 3.80. The van der Waals surface area contributed by atoms with E-state index >= 15 is 0 Å². The van der Waals surface area contributed by atoms with Crippen LogP contribution >= 0.6 is 0 Å². The van der Waals surface area contributed by atoms with Gasteiger partial charge in [0.1, 0.15) is 0 Å². The van der Waals surface area contributed by atoms with Crippen molar-refractivity contribution >= 4 is 0 Å². The summed E-state index contributed by atoms with van der Waals surface area (Å²) in [6.45, 7) is 4.37. The normalized spacial score (nSPS) is 12.9. The first kappa shape index (κ1) is 12.8. The van der Waals surface area contributed by atoms with E-state index in [0.717, 1.165) is 0 Å². The van der Waals surface area contributed by atoms with Crippen LogP contribution in [0.5, 0.6) is 0 Å². The minimum Gasteiger partial charge on any atom is -0.327 e. The van der Waals surface area contributed by atoms with E-state index in [2.05, 4.69) is 62.4 Å². The molecule has 0 heterocycles.